The first kappa shape index (κ1) is 15.4. The number of nitrogens with zero attached hydrogens (tertiary/aromatic N) is 2. The predicted molar refractivity (Wildman–Crippen MR) is 61.6 cm³/mol. The molecule has 4 nitrogen and oxygen atoms in total. The molecular weight excluding hydrogens is 299 g/mol. The maximum atomic E-state index is 13.0. The largest absolute Gasteiger partial charge is 0.364 e. The number of carbonyl (C=O) groups is 1. The van der Waals surface area contributed by atoms with Crippen LogP contribution in [0.4, 0.5) is 22.0 Å². The van der Waals surface area contributed by atoms with Crippen LogP contribution in [-0.4, -0.2) is 40.3 Å². The third kappa shape index (κ3) is 2.73. The van der Waals surface area contributed by atoms with Gasteiger partial charge in [-0.2, -0.15) is 10.1 Å². The highest BCUT2D eigenvalue weighted by Gasteiger charge is 2.53. The molecule has 21 heavy (non-hydrogen) atoms. The van der Waals surface area contributed by atoms with E-state index in [1.165, 1.54) is 0 Å². The molecule has 1 aliphatic rings. The van der Waals surface area contributed by atoms with Crippen molar-refractivity contribution in [3.63, 3.8) is 0 Å². The standard InChI is InChI=1S/C12H9F5N2O2/c13-7-3-1-2-6(4-7)10(20)19-12(21,11(16)17)5-8(18-19)9(14)15/h1-4,9,11,21H,5H2/t12-/m1/s1. The number of benzene rings is 1. The van der Waals surface area contributed by atoms with Crippen molar-refractivity contribution in [2.75, 3.05) is 0 Å². The van der Waals surface area contributed by atoms with Crippen LogP contribution in [0.2, 0.25) is 0 Å². The summed E-state index contributed by atoms with van der Waals surface area (Å²) in [6.07, 6.45) is -7.89. The van der Waals surface area contributed by atoms with Gasteiger partial charge in [-0.3, -0.25) is 4.79 Å². The highest BCUT2D eigenvalue weighted by molar-refractivity contribution is 5.99. The molecule has 1 aromatic carbocycles. The smallest absolute Gasteiger partial charge is 0.287 e. The van der Waals surface area contributed by atoms with E-state index in [1.54, 1.807) is 0 Å². The van der Waals surface area contributed by atoms with Crippen LogP contribution < -0.4 is 0 Å². The Hall–Kier alpha value is -2.03. The number of aliphatic hydroxyl groups is 1. The fourth-order valence-electron chi connectivity index (χ4n) is 1.85. The Balaban J connectivity index is 2.40. The van der Waals surface area contributed by atoms with E-state index >= 15 is 0 Å². The van der Waals surface area contributed by atoms with Crippen LogP contribution in [0.15, 0.2) is 29.4 Å². The molecule has 0 fully saturated rings. The van der Waals surface area contributed by atoms with Crippen molar-refractivity contribution in [3.05, 3.63) is 35.6 Å². The van der Waals surface area contributed by atoms with Crippen molar-refractivity contribution in [2.45, 2.75) is 25.0 Å². The lowest BCUT2D eigenvalue weighted by Crippen LogP contribution is -2.51. The highest BCUT2D eigenvalue weighted by Crippen LogP contribution is 2.34. The van der Waals surface area contributed by atoms with Gasteiger partial charge in [-0.1, -0.05) is 6.07 Å². The molecule has 0 saturated carbocycles. The summed E-state index contributed by atoms with van der Waals surface area (Å²) >= 11 is 0. The minimum Gasteiger partial charge on any atom is -0.364 e. The summed E-state index contributed by atoms with van der Waals surface area (Å²) in [5.74, 6) is -2.12. The first-order valence-corrected chi connectivity index (χ1v) is 5.72. The molecule has 0 saturated heterocycles. The Kier molecular flexibility index (Phi) is 3.95. The molecule has 1 amide bonds. The molecular formula is C12H9F5N2O2. The number of alkyl halides is 4. The third-order valence-corrected chi connectivity index (χ3v) is 2.90. The second-order valence-corrected chi connectivity index (χ2v) is 4.38. The molecule has 0 aliphatic carbocycles. The maximum absolute atomic E-state index is 13.0. The van der Waals surface area contributed by atoms with Gasteiger partial charge in [0.25, 0.3) is 18.8 Å². The van der Waals surface area contributed by atoms with Gasteiger partial charge in [0.05, 0.1) is 0 Å². The fraction of sp³-hybridized carbons (Fsp3) is 0.333. The minimum atomic E-state index is -3.52. The summed E-state index contributed by atoms with van der Waals surface area (Å²) in [7, 11) is 0. The van der Waals surface area contributed by atoms with Crippen molar-refractivity contribution >= 4 is 11.6 Å². The van der Waals surface area contributed by atoms with Crippen LogP contribution in [0.1, 0.15) is 16.8 Å². The quantitative estimate of drug-likeness (QED) is 0.871. The topological polar surface area (TPSA) is 52.9 Å². The second kappa shape index (κ2) is 5.40. The van der Waals surface area contributed by atoms with Gasteiger partial charge < -0.3 is 5.11 Å². The van der Waals surface area contributed by atoms with Gasteiger partial charge in [-0.25, -0.2) is 22.0 Å². The highest BCUT2D eigenvalue weighted by atomic mass is 19.3. The number of carbonyl (C=O) groups excluding carboxylic acids is 1. The summed E-state index contributed by atoms with van der Waals surface area (Å²) in [5.41, 5.74) is -4.61. The summed E-state index contributed by atoms with van der Waals surface area (Å²) < 4.78 is 64.0. The molecule has 0 spiro atoms. The van der Waals surface area contributed by atoms with Gasteiger partial charge in [-0.15, -0.1) is 0 Å². The number of hydrogen-bond donors (Lipinski definition) is 1. The fourth-order valence-corrected chi connectivity index (χ4v) is 1.85. The zero-order chi connectivity index (χ0) is 15.8. The van der Waals surface area contributed by atoms with Crippen LogP contribution in [0.25, 0.3) is 0 Å². The molecule has 2 rings (SSSR count). The summed E-state index contributed by atoms with van der Waals surface area (Å²) in [4.78, 5) is 12.0. The van der Waals surface area contributed by atoms with Gasteiger partial charge in [0.1, 0.15) is 11.5 Å². The molecule has 1 N–H and O–H groups in total. The Labute approximate surface area is 115 Å². The first-order valence-electron chi connectivity index (χ1n) is 5.72. The molecule has 1 heterocycles. The zero-order valence-corrected chi connectivity index (χ0v) is 10.3. The van der Waals surface area contributed by atoms with E-state index in [0.717, 1.165) is 24.3 Å². The van der Waals surface area contributed by atoms with Gasteiger partial charge >= 0.3 is 0 Å². The van der Waals surface area contributed by atoms with Crippen molar-refractivity contribution in [1.29, 1.82) is 0 Å². The van der Waals surface area contributed by atoms with Crippen LogP contribution in [0.5, 0.6) is 0 Å². The van der Waals surface area contributed by atoms with E-state index in [0.29, 0.717) is 0 Å². The molecule has 0 radical (unpaired) electrons. The lowest BCUT2D eigenvalue weighted by atomic mass is 10.1. The van der Waals surface area contributed by atoms with Crippen LogP contribution >= 0.6 is 0 Å². The van der Waals surface area contributed by atoms with Crippen molar-refractivity contribution in [1.82, 2.24) is 5.01 Å². The molecule has 9 heteroatoms. The minimum absolute atomic E-state index is 0.117. The predicted octanol–water partition coefficient (Wildman–Crippen LogP) is 2.25. The SMILES string of the molecule is O=C(c1cccc(F)c1)N1N=C(C(F)F)C[C@@]1(O)C(F)F. The monoisotopic (exact) mass is 308 g/mol. The molecule has 1 aliphatic heterocycles. The second-order valence-electron chi connectivity index (χ2n) is 4.38. The van der Waals surface area contributed by atoms with E-state index in [4.69, 9.17) is 0 Å². The lowest BCUT2D eigenvalue weighted by molar-refractivity contribution is -0.164. The normalized spacial score (nSPS) is 22.1. The first-order chi connectivity index (χ1) is 9.75. The molecule has 0 bridgehead atoms. The van der Waals surface area contributed by atoms with E-state index < -0.39 is 48.0 Å². The number of rotatable bonds is 3. The average Bonchev–Trinajstić information content (AvgIpc) is 2.77. The van der Waals surface area contributed by atoms with Crippen molar-refractivity contribution in [2.24, 2.45) is 5.10 Å². The Morgan fingerprint density at radius 3 is 2.52 bits per heavy atom. The van der Waals surface area contributed by atoms with E-state index in [9.17, 15) is 31.9 Å². The molecule has 0 unspecified atom stereocenters. The van der Waals surface area contributed by atoms with E-state index in [1.807, 2.05) is 0 Å². The maximum Gasteiger partial charge on any atom is 0.287 e. The number of amides is 1. The summed E-state index contributed by atoms with van der Waals surface area (Å²) in [5, 5.41) is 12.7. The van der Waals surface area contributed by atoms with Crippen molar-refractivity contribution < 1.29 is 31.9 Å². The zero-order valence-electron chi connectivity index (χ0n) is 10.3. The molecule has 0 aromatic heterocycles. The third-order valence-electron chi connectivity index (χ3n) is 2.90. The molecule has 114 valence electrons. The Bertz CT molecular complexity index is 593. The van der Waals surface area contributed by atoms with Crippen molar-refractivity contribution in [3.8, 4) is 0 Å². The number of hydrazone groups is 1. The van der Waals surface area contributed by atoms with Crippen LogP contribution in [0.3, 0.4) is 0 Å². The molecule has 1 aromatic rings. The number of halogens is 5. The Morgan fingerprint density at radius 1 is 1.33 bits per heavy atom. The van der Waals surface area contributed by atoms with Crippen LogP contribution in [0, 0.1) is 5.82 Å². The van der Waals surface area contributed by atoms with Gasteiger partial charge in [0.2, 0.25) is 5.72 Å². The molecule has 1 atom stereocenters. The lowest BCUT2D eigenvalue weighted by Gasteiger charge is -2.29. The average molecular weight is 308 g/mol. The van der Waals surface area contributed by atoms with Gasteiger partial charge in [-0.05, 0) is 18.2 Å². The summed E-state index contributed by atoms with van der Waals surface area (Å²) in [6, 6.07) is 3.96. The van der Waals surface area contributed by atoms with E-state index in [2.05, 4.69) is 5.10 Å². The van der Waals surface area contributed by atoms with Gasteiger partial charge in [0.15, 0.2) is 0 Å². The number of hydrogen-bond acceptors (Lipinski definition) is 3. The summed E-state index contributed by atoms with van der Waals surface area (Å²) in [6.45, 7) is 0. The van der Waals surface area contributed by atoms with E-state index in [-0.39, 0.29) is 5.01 Å². The van der Waals surface area contributed by atoms with Gasteiger partial charge in [0, 0.05) is 12.0 Å². The van der Waals surface area contributed by atoms with Crippen LogP contribution in [-0.2, 0) is 0 Å². The Morgan fingerprint density at radius 2 is 2.00 bits per heavy atom.